The van der Waals surface area contributed by atoms with Crippen molar-refractivity contribution in [2.24, 2.45) is 0 Å². The summed E-state index contributed by atoms with van der Waals surface area (Å²) in [7, 11) is 0. The van der Waals surface area contributed by atoms with Crippen LogP contribution in [0.3, 0.4) is 0 Å². The van der Waals surface area contributed by atoms with Gasteiger partial charge in [0.2, 0.25) is 0 Å². The lowest BCUT2D eigenvalue weighted by Crippen LogP contribution is -2.21. The molecule has 17 heavy (non-hydrogen) atoms. The van der Waals surface area contributed by atoms with Crippen LogP contribution in [-0.2, 0) is 0 Å². The molecule has 0 fully saturated rings. The molecule has 1 aromatic carbocycles. The number of rotatable bonds is 6. The van der Waals surface area contributed by atoms with E-state index in [-0.39, 0.29) is 0 Å². The van der Waals surface area contributed by atoms with E-state index in [0.29, 0.717) is 6.04 Å². The summed E-state index contributed by atoms with van der Waals surface area (Å²) in [5.41, 5.74) is 1.27. The van der Waals surface area contributed by atoms with E-state index < -0.39 is 0 Å². The van der Waals surface area contributed by atoms with Crippen molar-refractivity contribution < 1.29 is 0 Å². The molecule has 0 saturated heterocycles. The standard InChI is InChI=1S/C14H17ClIN/c1-3-5-6-7-14(17-4-2)12-10-11(15)8-9-13(12)16/h1,8-10,14,17H,4-7H2,2H3. The van der Waals surface area contributed by atoms with E-state index in [0.717, 1.165) is 30.8 Å². The summed E-state index contributed by atoms with van der Waals surface area (Å²) in [4.78, 5) is 0. The van der Waals surface area contributed by atoms with Crippen LogP contribution in [0.5, 0.6) is 0 Å². The highest BCUT2D eigenvalue weighted by molar-refractivity contribution is 14.1. The molecule has 1 atom stereocenters. The molecule has 0 aliphatic carbocycles. The van der Waals surface area contributed by atoms with Crippen LogP contribution in [0.4, 0.5) is 0 Å². The van der Waals surface area contributed by atoms with Gasteiger partial charge in [0, 0.05) is 21.1 Å². The Bertz CT molecular complexity index is 398. The Morgan fingerprint density at radius 1 is 1.53 bits per heavy atom. The van der Waals surface area contributed by atoms with Gasteiger partial charge >= 0.3 is 0 Å². The van der Waals surface area contributed by atoms with E-state index in [4.69, 9.17) is 18.0 Å². The highest BCUT2D eigenvalue weighted by atomic mass is 127. The van der Waals surface area contributed by atoms with E-state index >= 15 is 0 Å². The summed E-state index contributed by atoms with van der Waals surface area (Å²) in [6.45, 7) is 3.06. The predicted molar refractivity (Wildman–Crippen MR) is 83.3 cm³/mol. The fourth-order valence-electron chi connectivity index (χ4n) is 1.80. The average molecular weight is 362 g/mol. The minimum Gasteiger partial charge on any atom is -0.310 e. The first-order chi connectivity index (χ1) is 8.19. The lowest BCUT2D eigenvalue weighted by atomic mass is 10.0. The van der Waals surface area contributed by atoms with E-state index in [2.05, 4.69) is 46.8 Å². The van der Waals surface area contributed by atoms with Gasteiger partial charge in [-0.25, -0.2) is 0 Å². The maximum atomic E-state index is 6.06. The van der Waals surface area contributed by atoms with Crippen LogP contribution in [0.25, 0.3) is 0 Å². The molecule has 1 unspecified atom stereocenters. The summed E-state index contributed by atoms with van der Waals surface area (Å²) in [5.74, 6) is 2.69. The molecule has 0 heterocycles. The molecule has 0 saturated carbocycles. The van der Waals surface area contributed by atoms with E-state index in [1.807, 2.05) is 12.1 Å². The first-order valence-electron chi connectivity index (χ1n) is 5.80. The quantitative estimate of drug-likeness (QED) is 0.450. The molecule has 92 valence electrons. The molecule has 1 N–H and O–H groups in total. The molecule has 1 nitrogen and oxygen atoms in total. The van der Waals surface area contributed by atoms with Gasteiger partial charge in [0.15, 0.2) is 0 Å². The zero-order valence-corrected chi connectivity index (χ0v) is 12.9. The SMILES string of the molecule is C#CCCCC(NCC)c1cc(Cl)ccc1I. The van der Waals surface area contributed by atoms with Crippen molar-refractivity contribution in [3.05, 3.63) is 32.4 Å². The summed E-state index contributed by atoms with van der Waals surface area (Å²) in [6, 6.07) is 6.38. The minimum absolute atomic E-state index is 0.346. The van der Waals surface area contributed by atoms with Crippen molar-refractivity contribution in [3.63, 3.8) is 0 Å². The van der Waals surface area contributed by atoms with Crippen LogP contribution in [0, 0.1) is 15.9 Å². The number of unbranched alkanes of at least 4 members (excludes halogenated alkanes) is 1. The topological polar surface area (TPSA) is 12.0 Å². The van der Waals surface area contributed by atoms with Crippen molar-refractivity contribution in [1.29, 1.82) is 0 Å². The molecule has 0 aliphatic rings. The number of terminal acetylenes is 1. The lowest BCUT2D eigenvalue weighted by Gasteiger charge is -2.19. The van der Waals surface area contributed by atoms with E-state index in [1.165, 1.54) is 9.13 Å². The van der Waals surface area contributed by atoms with Gasteiger partial charge in [-0.2, -0.15) is 0 Å². The smallest absolute Gasteiger partial charge is 0.0410 e. The Balaban J connectivity index is 2.81. The summed E-state index contributed by atoms with van der Waals surface area (Å²) in [5, 5.41) is 4.29. The van der Waals surface area contributed by atoms with Gasteiger partial charge in [0.25, 0.3) is 0 Å². The second-order valence-corrected chi connectivity index (χ2v) is 5.47. The Morgan fingerprint density at radius 2 is 2.29 bits per heavy atom. The van der Waals surface area contributed by atoms with Crippen molar-refractivity contribution in [3.8, 4) is 12.3 Å². The minimum atomic E-state index is 0.346. The molecule has 0 aliphatic heterocycles. The Morgan fingerprint density at radius 3 is 2.94 bits per heavy atom. The largest absolute Gasteiger partial charge is 0.310 e. The average Bonchev–Trinajstić information content (AvgIpc) is 2.32. The van der Waals surface area contributed by atoms with Crippen LogP contribution in [0.15, 0.2) is 18.2 Å². The maximum absolute atomic E-state index is 6.06. The lowest BCUT2D eigenvalue weighted by molar-refractivity contribution is 0.500. The fraction of sp³-hybridized carbons (Fsp3) is 0.429. The van der Waals surface area contributed by atoms with Crippen molar-refractivity contribution in [2.75, 3.05) is 6.54 Å². The zero-order chi connectivity index (χ0) is 12.7. The third kappa shape index (κ3) is 4.87. The zero-order valence-electron chi connectivity index (χ0n) is 9.97. The summed E-state index contributed by atoms with van der Waals surface area (Å²) in [6.07, 6.45) is 8.21. The molecular formula is C14H17ClIN. The van der Waals surface area contributed by atoms with Crippen LogP contribution in [0.1, 0.15) is 37.8 Å². The molecule has 0 amide bonds. The Hall–Kier alpha value is -0.240. The summed E-state index contributed by atoms with van der Waals surface area (Å²) >= 11 is 8.41. The molecule has 1 rings (SSSR count). The number of hydrogen-bond acceptors (Lipinski definition) is 1. The molecule has 3 heteroatoms. The van der Waals surface area contributed by atoms with Crippen molar-refractivity contribution in [2.45, 2.75) is 32.2 Å². The molecule has 0 radical (unpaired) electrons. The van der Waals surface area contributed by atoms with E-state index in [1.54, 1.807) is 0 Å². The highest BCUT2D eigenvalue weighted by Gasteiger charge is 2.13. The first-order valence-corrected chi connectivity index (χ1v) is 7.26. The maximum Gasteiger partial charge on any atom is 0.0410 e. The van der Waals surface area contributed by atoms with Crippen molar-refractivity contribution in [1.82, 2.24) is 5.32 Å². The molecule has 0 aromatic heterocycles. The third-order valence-electron chi connectivity index (χ3n) is 2.60. The monoisotopic (exact) mass is 361 g/mol. The van der Waals surface area contributed by atoms with Crippen molar-refractivity contribution >= 4 is 34.2 Å². The Labute approximate surface area is 122 Å². The number of hydrogen-bond donors (Lipinski definition) is 1. The van der Waals surface area contributed by atoms with Gasteiger partial charge in [-0.05, 0) is 65.7 Å². The third-order valence-corrected chi connectivity index (χ3v) is 3.82. The van der Waals surface area contributed by atoms with Crippen LogP contribution >= 0.6 is 34.2 Å². The number of halogens is 2. The highest BCUT2D eigenvalue weighted by Crippen LogP contribution is 2.27. The van der Waals surface area contributed by atoms with E-state index in [9.17, 15) is 0 Å². The van der Waals surface area contributed by atoms with Gasteiger partial charge < -0.3 is 5.32 Å². The van der Waals surface area contributed by atoms with Gasteiger partial charge in [0.05, 0.1) is 0 Å². The van der Waals surface area contributed by atoms with Crippen LogP contribution < -0.4 is 5.32 Å². The van der Waals surface area contributed by atoms with Crippen LogP contribution in [-0.4, -0.2) is 6.54 Å². The van der Waals surface area contributed by atoms with Gasteiger partial charge in [-0.1, -0.05) is 18.5 Å². The van der Waals surface area contributed by atoms with Crippen LogP contribution in [0.2, 0.25) is 5.02 Å². The molecule has 1 aromatic rings. The van der Waals surface area contributed by atoms with Gasteiger partial charge in [-0.15, -0.1) is 12.3 Å². The molecule has 0 bridgehead atoms. The second-order valence-electron chi connectivity index (χ2n) is 3.87. The molecule has 0 spiro atoms. The fourth-order valence-corrected chi connectivity index (χ4v) is 2.70. The summed E-state index contributed by atoms with van der Waals surface area (Å²) < 4.78 is 1.25. The normalized spacial score (nSPS) is 12.1. The Kier molecular flexibility index (Phi) is 6.94. The second kappa shape index (κ2) is 7.97. The number of nitrogens with one attached hydrogen (secondary N) is 1. The molecular weight excluding hydrogens is 345 g/mol. The van der Waals surface area contributed by atoms with Gasteiger partial charge in [0.1, 0.15) is 0 Å². The number of benzene rings is 1. The first kappa shape index (κ1) is 14.8. The predicted octanol–water partition coefficient (Wildman–Crippen LogP) is 4.40. The van der Waals surface area contributed by atoms with Gasteiger partial charge in [-0.3, -0.25) is 0 Å².